The Hall–Kier alpha value is -3.08. The highest BCUT2D eigenvalue weighted by atomic mass is 16.5. The molecule has 0 saturated carbocycles. The minimum Gasteiger partial charge on any atom is -0.497 e. The normalized spacial score (nSPS) is 9.96. The van der Waals surface area contributed by atoms with Crippen molar-refractivity contribution in [3.63, 3.8) is 0 Å². The molecule has 2 aromatic rings. The molecular formula is C20H22N2O3. The maximum atomic E-state index is 12.2. The topological polar surface area (TPSA) is 67.4 Å². The molecule has 2 N–H and O–H groups in total. The van der Waals surface area contributed by atoms with E-state index >= 15 is 0 Å². The Morgan fingerprint density at radius 3 is 2.28 bits per heavy atom. The first-order valence-corrected chi connectivity index (χ1v) is 8.04. The van der Waals surface area contributed by atoms with Gasteiger partial charge in [-0.2, -0.15) is 0 Å². The van der Waals surface area contributed by atoms with E-state index in [1.165, 1.54) is 0 Å². The number of amides is 2. The third-order valence-electron chi connectivity index (χ3n) is 3.65. The number of rotatable bonds is 8. The molecule has 0 bridgehead atoms. The predicted octanol–water partition coefficient (Wildman–Crippen LogP) is 2.58. The second-order valence-corrected chi connectivity index (χ2v) is 5.43. The maximum Gasteiger partial charge on any atom is 0.251 e. The zero-order valence-electron chi connectivity index (χ0n) is 14.2. The van der Waals surface area contributed by atoms with Crippen LogP contribution in [0.4, 0.5) is 0 Å². The van der Waals surface area contributed by atoms with Gasteiger partial charge in [0.1, 0.15) is 5.75 Å². The molecule has 0 aliphatic heterocycles. The SMILES string of the molecule is C=CCNC(=O)c1cccc(C(=O)NCCc2ccc(OC)cc2)c1. The van der Waals surface area contributed by atoms with Crippen molar-refractivity contribution in [2.45, 2.75) is 6.42 Å². The average Bonchev–Trinajstić information content (AvgIpc) is 2.66. The Labute approximate surface area is 147 Å². The summed E-state index contributed by atoms with van der Waals surface area (Å²) in [5, 5.41) is 5.56. The predicted molar refractivity (Wildman–Crippen MR) is 98.0 cm³/mol. The Morgan fingerprint density at radius 1 is 1.04 bits per heavy atom. The zero-order chi connectivity index (χ0) is 18.1. The molecule has 5 nitrogen and oxygen atoms in total. The van der Waals surface area contributed by atoms with E-state index in [4.69, 9.17) is 4.74 Å². The third-order valence-corrected chi connectivity index (χ3v) is 3.65. The standard InChI is InChI=1S/C20H22N2O3/c1-3-12-21-19(23)16-5-4-6-17(14-16)20(24)22-13-11-15-7-9-18(25-2)10-8-15/h3-10,14H,1,11-13H2,2H3,(H,21,23)(H,22,24). The lowest BCUT2D eigenvalue weighted by Crippen LogP contribution is -2.27. The average molecular weight is 338 g/mol. The van der Waals surface area contributed by atoms with Crippen LogP contribution in [-0.2, 0) is 6.42 Å². The van der Waals surface area contributed by atoms with Crippen molar-refractivity contribution in [1.82, 2.24) is 10.6 Å². The molecular weight excluding hydrogens is 316 g/mol. The van der Waals surface area contributed by atoms with Gasteiger partial charge in [0.25, 0.3) is 11.8 Å². The van der Waals surface area contributed by atoms with Crippen LogP contribution in [0.5, 0.6) is 5.75 Å². The Balaban J connectivity index is 1.89. The second kappa shape index (κ2) is 9.27. The van der Waals surface area contributed by atoms with Gasteiger partial charge in [0.15, 0.2) is 0 Å². The summed E-state index contributed by atoms with van der Waals surface area (Å²) >= 11 is 0. The van der Waals surface area contributed by atoms with E-state index in [0.717, 1.165) is 17.7 Å². The van der Waals surface area contributed by atoms with E-state index < -0.39 is 0 Å². The van der Waals surface area contributed by atoms with Crippen LogP contribution in [0, 0.1) is 0 Å². The van der Waals surface area contributed by atoms with Crippen LogP contribution in [0.15, 0.2) is 61.2 Å². The van der Waals surface area contributed by atoms with Gasteiger partial charge < -0.3 is 15.4 Å². The van der Waals surface area contributed by atoms with Crippen LogP contribution in [0.1, 0.15) is 26.3 Å². The molecule has 0 unspecified atom stereocenters. The number of hydrogen-bond donors (Lipinski definition) is 2. The first-order chi connectivity index (χ1) is 12.1. The molecule has 2 aromatic carbocycles. The number of carbonyl (C=O) groups is 2. The fourth-order valence-electron chi connectivity index (χ4n) is 2.28. The molecule has 5 heteroatoms. The molecule has 0 aliphatic rings. The second-order valence-electron chi connectivity index (χ2n) is 5.43. The summed E-state index contributed by atoms with van der Waals surface area (Å²) in [6.45, 7) is 4.45. The monoisotopic (exact) mass is 338 g/mol. The van der Waals surface area contributed by atoms with Gasteiger partial charge in [-0.15, -0.1) is 6.58 Å². The van der Waals surface area contributed by atoms with Gasteiger partial charge in [-0.25, -0.2) is 0 Å². The largest absolute Gasteiger partial charge is 0.497 e. The number of methoxy groups -OCH3 is 1. The minimum absolute atomic E-state index is 0.202. The van der Waals surface area contributed by atoms with Crippen LogP contribution in [0.2, 0.25) is 0 Å². The van der Waals surface area contributed by atoms with Gasteiger partial charge in [0.2, 0.25) is 0 Å². The van der Waals surface area contributed by atoms with Crippen molar-refractivity contribution < 1.29 is 14.3 Å². The number of benzene rings is 2. The van der Waals surface area contributed by atoms with Crippen molar-refractivity contribution in [3.05, 3.63) is 77.9 Å². The van der Waals surface area contributed by atoms with Crippen LogP contribution in [0.25, 0.3) is 0 Å². The minimum atomic E-state index is -0.229. The Kier molecular flexibility index (Phi) is 6.77. The van der Waals surface area contributed by atoms with Gasteiger partial charge in [-0.1, -0.05) is 24.3 Å². The number of nitrogens with one attached hydrogen (secondary N) is 2. The lowest BCUT2D eigenvalue weighted by Gasteiger charge is -2.08. The van der Waals surface area contributed by atoms with Crippen LogP contribution in [0.3, 0.4) is 0 Å². The van der Waals surface area contributed by atoms with Gasteiger partial charge in [-0.3, -0.25) is 9.59 Å². The summed E-state index contributed by atoms with van der Waals surface area (Å²) in [7, 11) is 1.63. The highest BCUT2D eigenvalue weighted by Crippen LogP contribution is 2.11. The first kappa shape index (κ1) is 18.3. The fourth-order valence-corrected chi connectivity index (χ4v) is 2.28. The molecule has 2 amide bonds. The van der Waals surface area contributed by atoms with Gasteiger partial charge >= 0.3 is 0 Å². The highest BCUT2D eigenvalue weighted by molar-refractivity contribution is 5.99. The summed E-state index contributed by atoms with van der Waals surface area (Å²) in [5.74, 6) is 0.374. The molecule has 0 radical (unpaired) electrons. The molecule has 0 saturated heterocycles. The molecule has 0 spiro atoms. The van der Waals surface area contributed by atoms with E-state index in [1.807, 2.05) is 24.3 Å². The third kappa shape index (κ3) is 5.49. The van der Waals surface area contributed by atoms with Crippen molar-refractivity contribution >= 4 is 11.8 Å². The van der Waals surface area contributed by atoms with Crippen LogP contribution in [-0.4, -0.2) is 32.0 Å². The van der Waals surface area contributed by atoms with Crippen molar-refractivity contribution in [2.75, 3.05) is 20.2 Å². The van der Waals surface area contributed by atoms with Gasteiger partial charge in [-0.05, 0) is 42.3 Å². The smallest absolute Gasteiger partial charge is 0.251 e. The molecule has 0 atom stereocenters. The van der Waals surface area contributed by atoms with Gasteiger partial charge in [0, 0.05) is 24.2 Å². The van der Waals surface area contributed by atoms with Crippen molar-refractivity contribution in [1.29, 1.82) is 0 Å². The highest BCUT2D eigenvalue weighted by Gasteiger charge is 2.09. The van der Waals surface area contributed by atoms with Crippen LogP contribution < -0.4 is 15.4 Å². The lowest BCUT2D eigenvalue weighted by molar-refractivity contribution is 0.0954. The van der Waals surface area contributed by atoms with E-state index in [-0.39, 0.29) is 11.8 Å². The van der Waals surface area contributed by atoms with E-state index in [2.05, 4.69) is 17.2 Å². The number of carbonyl (C=O) groups excluding carboxylic acids is 2. The summed E-state index contributed by atoms with van der Waals surface area (Å²) < 4.78 is 5.12. The lowest BCUT2D eigenvalue weighted by atomic mass is 10.1. The fraction of sp³-hybridized carbons (Fsp3) is 0.200. The summed E-state index contributed by atoms with van der Waals surface area (Å²) in [6.07, 6.45) is 2.32. The zero-order valence-corrected chi connectivity index (χ0v) is 14.2. The molecule has 25 heavy (non-hydrogen) atoms. The maximum absolute atomic E-state index is 12.2. The van der Waals surface area contributed by atoms with Crippen molar-refractivity contribution in [2.24, 2.45) is 0 Å². The molecule has 130 valence electrons. The van der Waals surface area contributed by atoms with Crippen molar-refractivity contribution in [3.8, 4) is 5.75 Å². The molecule has 0 aromatic heterocycles. The quantitative estimate of drug-likeness (QED) is 0.727. The molecule has 0 heterocycles. The summed E-state index contributed by atoms with van der Waals surface area (Å²) in [4.78, 5) is 24.2. The first-order valence-electron chi connectivity index (χ1n) is 8.04. The van der Waals surface area contributed by atoms with Crippen LogP contribution >= 0.6 is 0 Å². The summed E-state index contributed by atoms with van der Waals surface area (Å²) in [6, 6.07) is 14.4. The number of hydrogen-bond acceptors (Lipinski definition) is 3. The summed E-state index contributed by atoms with van der Waals surface area (Å²) in [5.41, 5.74) is 2.02. The van der Waals surface area contributed by atoms with E-state index in [0.29, 0.717) is 24.2 Å². The Bertz CT molecular complexity index is 739. The number of ether oxygens (including phenoxy) is 1. The molecule has 2 rings (SSSR count). The molecule has 0 aliphatic carbocycles. The van der Waals surface area contributed by atoms with E-state index in [9.17, 15) is 9.59 Å². The van der Waals surface area contributed by atoms with Gasteiger partial charge in [0.05, 0.1) is 7.11 Å². The van der Waals surface area contributed by atoms with E-state index in [1.54, 1.807) is 37.5 Å². The molecule has 0 fully saturated rings. The Morgan fingerprint density at radius 2 is 1.68 bits per heavy atom.